The Morgan fingerprint density at radius 2 is 2.10 bits per heavy atom. The van der Waals surface area contributed by atoms with E-state index in [1.165, 1.54) is 36.7 Å². The third-order valence-corrected chi connectivity index (χ3v) is 4.34. The topological polar surface area (TPSA) is 71.3 Å². The van der Waals surface area contributed by atoms with Crippen molar-refractivity contribution in [1.82, 2.24) is 9.88 Å². The number of hydrogen-bond acceptors (Lipinski definition) is 2. The summed E-state index contributed by atoms with van der Waals surface area (Å²) in [6.07, 6.45) is 8.67. The van der Waals surface area contributed by atoms with Crippen molar-refractivity contribution in [3.05, 3.63) is 24.0 Å². The standard InChI is InChI=1S/C16H24N2O3/c1-2-13(12-7-4-3-5-8-12)17-16(21)14-9-6-10-18(14)11-15(19)20/h6,9-10,12-13H,2-5,7-8,11H2,1H3,(H,17,21)(H,19,20). The number of nitrogens with zero attached hydrogens (tertiary/aromatic N) is 1. The number of hydrogen-bond donors (Lipinski definition) is 2. The van der Waals surface area contributed by atoms with E-state index in [9.17, 15) is 9.59 Å². The Morgan fingerprint density at radius 1 is 1.38 bits per heavy atom. The van der Waals surface area contributed by atoms with Crippen molar-refractivity contribution < 1.29 is 14.7 Å². The summed E-state index contributed by atoms with van der Waals surface area (Å²) >= 11 is 0. The number of carboxylic acid groups (broad SMARTS) is 1. The number of rotatable bonds is 6. The number of nitrogens with one attached hydrogen (secondary N) is 1. The SMILES string of the molecule is CCC(NC(=O)c1cccn1CC(=O)O)C1CCCCC1. The maximum Gasteiger partial charge on any atom is 0.323 e. The Hall–Kier alpha value is -1.78. The highest BCUT2D eigenvalue weighted by Gasteiger charge is 2.25. The van der Waals surface area contributed by atoms with Gasteiger partial charge in [-0.2, -0.15) is 0 Å². The Kier molecular flexibility index (Phi) is 5.42. The minimum absolute atomic E-state index is 0.168. The number of aliphatic carboxylic acids is 1. The van der Waals surface area contributed by atoms with Gasteiger partial charge in [0.25, 0.3) is 5.91 Å². The summed E-state index contributed by atoms with van der Waals surface area (Å²) in [6.45, 7) is 1.91. The van der Waals surface area contributed by atoms with Crippen LogP contribution in [0.3, 0.4) is 0 Å². The molecule has 1 amide bonds. The van der Waals surface area contributed by atoms with E-state index < -0.39 is 5.97 Å². The molecule has 0 aromatic carbocycles. The first-order valence-electron chi connectivity index (χ1n) is 7.79. The van der Waals surface area contributed by atoms with Gasteiger partial charge in [0, 0.05) is 12.2 Å². The van der Waals surface area contributed by atoms with Gasteiger partial charge in [-0.3, -0.25) is 9.59 Å². The molecule has 1 saturated carbocycles. The predicted octanol–water partition coefficient (Wildman–Crippen LogP) is 2.66. The van der Waals surface area contributed by atoms with Gasteiger partial charge < -0.3 is 15.0 Å². The van der Waals surface area contributed by atoms with E-state index in [0.717, 1.165) is 6.42 Å². The monoisotopic (exact) mass is 292 g/mol. The highest BCUT2D eigenvalue weighted by Crippen LogP contribution is 2.27. The van der Waals surface area contributed by atoms with Gasteiger partial charge in [-0.1, -0.05) is 26.2 Å². The van der Waals surface area contributed by atoms with Crippen LogP contribution >= 0.6 is 0 Å². The van der Waals surface area contributed by atoms with Gasteiger partial charge in [0.1, 0.15) is 12.2 Å². The lowest BCUT2D eigenvalue weighted by Gasteiger charge is -2.30. The van der Waals surface area contributed by atoms with Crippen LogP contribution in [0.15, 0.2) is 18.3 Å². The van der Waals surface area contributed by atoms with Gasteiger partial charge in [0.2, 0.25) is 0 Å². The van der Waals surface area contributed by atoms with Crippen LogP contribution in [0.1, 0.15) is 55.9 Å². The first-order valence-corrected chi connectivity index (χ1v) is 7.79. The van der Waals surface area contributed by atoms with Crippen LogP contribution in [0.25, 0.3) is 0 Å². The molecule has 1 aliphatic rings. The molecule has 0 spiro atoms. The summed E-state index contributed by atoms with van der Waals surface area (Å²) in [5.41, 5.74) is 0.423. The quantitative estimate of drug-likeness (QED) is 0.846. The van der Waals surface area contributed by atoms with E-state index in [-0.39, 0.29) is 18.5 Å². The fraction of sp³-hybridized carbons (Fsp3) is 0.625. The average molecular weight is 292 g/mol. The average Bonchev–Trinajstić information content (AvgIpc) is 2.93. The Balaban J connectivity index is 2.02. The minimum atomic E-state index is -0.945. The molecule has 1 aliphatic carbocycles. The largest absolute Gasteiger partial charge is 0.480 e. The summed E-state index contributed by atoms with van der Waals surface area (Å²) in [4.78, 5) is 23.2. The zero-order chi connectivity index (χ0) is 15.2. The highest BCUT2D eigenvalue weighted by molar-refractivity contribution is 5.93. The number of amides is 1. The number of carbonyl (C=O) groups excluding carboxylic acids is 1. The van der Waals surface area contributed by atoms with Crippen LogP contribution in [0, 0.1) is 5.92 Å². The molecule has 5 nitrogen and oxygen atoms in total. The smallest absolute Gasteiger partial charge is 0.323 e. The van der Waals surface area contributed by atoms with Gasteiger partial charge in [-0.25, -0.2) is 0 Å². The van der Waals surface area contributed by atoms with Crippen LogP contribution in [-0.2, 0) is 11.3 Å². The summed E-state index contributed by atoms with van der Waals surface area (Å²) in [5, 5.41) is 12.0. The molecule has 1 aromatic rings. The fourth-order valence-electron chi connectivity index (χ4n) is 3.24. The second-order valence-electron chi connectivity index (χ2n) is 5.80. The van der Waals surface area contributed by atoms with Crippen LogP contribution in [0.4, 0.5) is 0 Å². The molecule has 5 heteroatoms. The first-order chi connectivity index (χ1) is 10.1. The van der Waals surface area contributed by atoms with Crippen molar-refractivity contribution in [3.8, 4) is 0 Å². The molecule has 1 atom stereocenters. The summed E-state index contributed by atoms with van der Waals surface area (Å²) in [7, 11) is 0. The maximum atomic E-state index is 12.4. The maximum absolute atomic E-state index is 12.4. The molecule has 0 aliphatic heterocycles. The second-order valence-corrected chi connectivity index (χ2v) is 5.80. The number of aromatic nitrogens is 1. The molecule has 2 N–H and O–H groups in total. The molecule has 116 valence electrons. The second kappa shape index (κ2) is 7.29. The normalized spacial score (nSPS) is 17.4. The molecule has 0 saturated heterocycles. The third kappa shape index (κ3) is 4.09. The van der Waals surface area contributed by atoms with E-state index in [4.69, 9.17) is 5.11 Å². The lowest BCUT2D eigenvalue weighted by atomic mass is 9.83. The lowest BCUT2D eigenvalue weighted by molar-refractivity contribution is -0.137. The third-order valence-electron chi connectivity index (χ3n) is 4.34. The van der Waals surface area contributed by atoms with E-state index in [2.05, 4.69) is 12.2 Å². The highest BCUT2D eigenvalue weighted by atomic mass is 16.4. The molecule has 1 unspecified atom stereocenters. The van der Waals surface area contributed by atoms with E-state index in [1.54, 1.807) is 18.3 Å². The molecule has 2 rings (SSSR count). The lowest BCUT2D eigenvalue weighted by Crippen LogP contribution is -2.41. The number of carbonyl (C=O) groups is 2. The molecule has 0 radical (unpaired) electrons. The van der Waals surface area contributed by atoms with Crippen LogP contribution < -0.4 is 5.32 Å². The Morgan fingerprint density at radius 3 is 2.71 bits per heavy atom. The van der Waals surface area contributed by atoms with E-state index >= 15 is 0 Å². The first kappa shape index (κ1) is 15.6. The molecular formula is C16H24N2O3. The predicted molar refractivity (Wildman–Crippen MR) is 80.2 cm³/mol. The van der Waals surface area contributed by atoms with Crippen molar-refractivity contribution in [2.75, 3.05) is 0 Å². The minimum Gasteiger partial charge on any atom is -0.480 e. The van der Waals surface area contributed by atoms with Gasteiger partial charge in [-0.05, 0) is 37.3 Å². The van der Waals surface area contributed by atoms with Crippen LogP contribution in [0.2, 0.25) is 0 Å². The van der Waals surface area contributed by atoms with E-state index in [0.29, 0.717) is 11.6 Å². The van der Waals surface area contributed by atoms with Crippen molar-refractivity contribution in [2.45, 2.75) is 58.0 Å². The number of carboxylic acids is 1. The molecule has 21 heavy (non-hydrogen) atoms. The molecule has 1 aromatic heterocycles. The molecule has 1 fully saturated rings. The van der Waals surface area contributed by atoms with Crippen molar-refractivity contribution in [3.63, 3.8) is 0 Å². The summed E-state index contributed by atoms with van der Waals surface area (Å²) < 4.78 is 1.48. The van der Waals surface area contributed by atoms with Crippen LogP contribution in [-0.4, -0.2) is 27.6 Å². The fourth-order valence-corrected chi connectivity index (χ4v) is 3.24. The summed E-state index contributed by atoms with van der Waals surface area (Å²) in [5.74, 6) is -0.561. The van der Waals surface area contributed by atoms with Crippen molar-refractivity contribution in [2.24, 2.45) is 5.92 Å². The molecule has 0 bridgehead atoms. The van der Waals surface area contributed by atoms with Gasteiger partial charge in [0.15, 0.2) is 0 Å². The van der Waals surface area contributed by atoms with Crippen molar-refractivity contribution >= 4 is 11.9 Å². The zero-order valence-corrected chi connectivity index (χ0v) is 12.5. The Labute approximate surface area is 125 Å². The summed E-state index contributed by atoms with van der Waals surface area (Å²) in [6, 6.07) is 3.57. The Bertz CT molecular complexity index is 489. The zero-order valence-electron chi connectivity index (χ0n) is 12.5. The molecule has 1 heterocycles. The van der Waals surface area contributed by atoms with Gasteiger partial charge >= 0.3 is 5.97 Å². The van der Waals surface area contributed by atoms with Gasteiger partial charge in [0.05, 0.1) is 0 Å². The molecular weight excluding hydrogens is 268 g/mol. The van der Waals surface area contributed by atoms with Crippen LogP contribution in [0.5, 0.6) is 0 Å². The van der Waals surface area contributed by atoms with E-state index in [1.807, 2.05) is 0 Å². The van der Waals surface area contributed by atoms with Crippen molar-refractivity contribution in [1.29, 1.82) is 0 Å². The van der Waals surface area contributed by atoms with Gasteiger partial charge in [-0.15, -0.1) is 0 Å².